The molecule has 0 saturated carbocycles. The second-order valence-electron chi connectivity index (χ2n) is 7.54. The van der Waals surface area contributed by atoms with Gasteiger partial charge in [-0.3, -0.25) is 19.0 Å². The topological polar surface area (TPSA) is 84.3 Å². The minimum Gasteiger partial charge on any atom is -0.324 e. The smallest absolute Gasteiger partial charge is 0.262 e. The van der Waals surface area contributed by atoms with Crippen LogP contribution in [0.4, 0.5) is 11.4 Å². The lowest BCUT2D eigenvalue weighted by Crippen LogP contribution is -2.40. The van der Waals surface area contributed by atoms with Crippen LogP contribution >= 0.6 is 11.8 Å². The van der Waals surface area contributed by atoms with Crippen molar-refractivity contribution in [2.45, 2.75) is 44.4 Å². The SMILES string of the molecule is CCCn1c(SCC(=O)N2c3ccccc3NC(=O)CC2C)nc2ccccc2c1=O. The molecule has 1 aliphatic rings. The van der Waals surface area contributed by atoms with Crippen LogP contribution in [0.5, 0.6) is 0 Å². The van der Waals surface area contributed by atoms with Crippen LogP contribution in [-0.4, -0.2) is 33.2 Å². The minimum absolute atomic E-state index is 0.0920. The maximum absolute atomic E-state index is 13.3. The predicted octanol–water partition coefficient (Wildman–Crippen LogP) is 3.66. The number of fused-ring (bicyclic) bond motifs is 2. The molecule has 4 rings (SSSR count). The van der Waals surface area contributed by atoms with Gasteiger partial charge in [0.25, 0.3) is 5.56 Å². The van der Waals surface area contributed by atoms with Gasteiger partial charge in [-0.25, -0.2) is 4.98 Å². The quantitative estimate of drug-likeness (QED) is 0.487. The van der Waals surface area contributed by atoms with Gasteiger partial charge in [-0.15, -0.1) is 0 Å². The van der Waals surface area contributed by atoms with E-state index >= 15 is 0 Å². The highest BCUT2D eigenvalue weighted by atomic mass is 32.2. The highest BCUT2D eigenvalue weighted by molar-refractivity contribution is 7.99. The Morgan fingerprint density at radius 3 is 2.71 bits per heavy atom. The zero-order chi connectivity index (χ0) is 22.0. The Morgan fingerprint density at radius 1 is 1.16 bits per heavy atom. The van der Waals surface area contributed by atoms with E-state index in [-0.39, 0.29) is 35.6 Å². The Hall–Kier alpha value is -3.13. The minimum atomic E-state index is -0.279. The Labute approximate surface area is 184 Å². The maximum atomic E-state index is 13.3. The van der Waals surface area contributed by atoms with E-state index < -0.39 is 0 Å². The summed E-state index contributed by atoms with van der Waals surface area (Å²) in [6.45, 7) is 4.40. The molecule has 0 fully saturated rings. The van der Waals surface area contributed by atoms with Crippen molar-refractivity contribution in [3.8, 4) is 0 Å². The number of hydrogen-bond donors (Lipinski definition) is 1. The molecular formula is C23H24N4O3S. The Bertz CT molecular complexity index is 1210. The molecular weight excluding hydrogens is 412 g/mol. The number of carbonyl (C=O) groups is 2. The molecule has 1 N–H and O–H groups in total. The third-order valence-electron chi connectivity index (χ3n) is 5.23. The highest BCUT2D eigenvalue weighted by Crippen LogP contribution is 2.32. The second-order valence-corrected chi connectivity index (χ2v) is 8.48. The molecule has 1 atom stereocenters. The second kappa shape index (κ2) is 8.93. The number of amides is 2. The fourth-order valence-corrected chi connectivity index (χ4v) is 4.73. The summed E-state index contributed by atoms with van der Waals surface area (Å²) >= 11 is 1.26. The molecule has 2 heterocycles. The summed E-state index contributed by atoms with van der Waals surface area (Å²) in [5, 5.41) is 3.97. The molecule has 8 heteroatoms. The predicted molar refractivity (Wildman–Crippen MR) is 124 cm³/mol. The lowest BCUT2D eigenvalue weighted by Gasteiger charge is -2.27. The van der Waals surface area contributed by atoms with E-state index in [9.17, 15) is 14.4 Å². The largest absolute Gasteiger partial charge is 0.324 e. The highest BCUT2D eigenvalue weighted by Gasteiger charge is 2.29. The summed E-state index contributed by atoms with van der Waals surface area (Å²) in [6.07, 6.45) is 1.01. The van der Waals surface area contributed by atoms with Crippen LogP contribution in [0.15, 0.2) is 58.5 Å². The molecule has 1 unspecified atom stereocenters. The summed E-state index contributed by atoms with van der Waals surface area (Å²) in [7, 11) is 0. The molecule has 31 heavy (non-hydrogen) atoms. The van der Waals surface area contributed by atoms with Crippen LogP contribution in [0.1, 0.15) is 26.7 Å². The van der Waals surface area contributed by atoms with E-state index in [4.69, 9.17) is 0 Å². The van der Waals surface area contributed by atoms with Crippen molar-refractivity contribution in [2.75, 3.05) is 16.0 Å². The van der Waals surface area contributed by atoms with Gasteiger partial charge in [0, 0.05) is 19.0 Å². The third kappa shape index (κ3) is 4.20. The van der Waals surface area contributed by atoms with Gasteiger partial charge in [0.15, 0.2) is 5.16 Å². The molecule has 160 valence electrons. The number of carbonyl (C=O) groups excluding carboxylic acids is 2. The summed E-state index contributed by atoms with van der Waals surface area (Å²) < 4.78 is 1.64. The molecule has 2 amide bonds. The lowest BCUT2D eigenvalue weighted by molar-refractivity contribution is -0.117. The molecule has 0 saturated heterocycles. The fraction of sp³-hybridized carbons (Fsp3) is 0.304. The van der Waals surface area contributed by atoms with Crippen molar-refractivity contribution in [1.82, 2.24) is 9.55 Å². The fourth-order valence-electron chi connectivity index (χ4n) is 3.84. The van der Waals surface area contributed by atoms with Gasteiger partial charge in [0.05, 0.1) is 28.0 Å². The zero-order valence-electron chi connectivity index (χ0n) is 17.5. The van der Waals surface area contributed by atoms with E-state index in [1.165, 1.54) is 11.8 Å². The Balaban J connectivity index is 1.64. The Morgan fingerprint density at radius 2 is 1.90 bits per heavy atom. The number of thioether (sulfide) groups is 1. The number of para-hydroxylation sites is 3. The first-order chi connectivity index (χ1) is 15.0. The van der Waals surface area contributed by atoms with Gasteiger partial charge in [0.2, 0.25) is 11.8 Å². The molecule has 1 aromatic heterocycles. The molecule has 0 aliphatic carbocycles. The summed E-state index contributed by atoms with van der Waals surface area (Å²) in [6, 6.07) is 14.3. The first-order valence-electron chi connectivity index (χ1n) is 10.3. The average molecular weight is 437 g/mol. The number of benzene rings is 2. The van der Waals surface area contributed by atoms with Gasteiger partial charge in [-0.1, -0.05) is 43.0 Å². The standard InChI is InChI=1S/C23H24N4O3S/c1-3-12-26-22(30)16-8-4-5-9-17(16)25-23(26)31-14-21(29)27-15(2)13-20(28)24-18-10-6-7-11-19(18)27/h4-11,15H,3,12-14H2,1-2H3,(H,24,28). The number of aromatic nitrogens is 2. The van der Waals surface area contributed by atoms with Gasteiger partial charge in [-0.2, -0.15) is 0 Å². The van der Waals surface area contributed by atoms with Crippen molar-refractivity contribution in [1.29, 1.82) is 0 Å². The van der Waals surface area contributed by atoms with Gasteiger partial charge < -0.3 is 10.2 Å². The number of hydrogen-bond acceptors (Lipinski definition) is 5. The summed E-state index contributed by atoms with van der Waals surface area (Å²) in [5.74, 6) is -0.135. The molecule has 0 bridgehead atoms. The van der Waals surface area contributed by atoms with Crippen molar-refractivity contribution < 1.29 is 9.59 Å². The summed E-state index contributed by atoms with van der Waals surface area (Å²) in [5.41, 5.74) is 1.84. The van der Waals surface area contributed by atoms with E-state index in [0.717, 1.165) is 6.42 Å². The monoisotopic (exact) mass is 436 g/mol. The molecule has 7 nitrogen and oxygen atoms in total. The first kappa shape index (κ1) is 21.1. The molecule has 3 aromatic rings. The van der Waals surface area contributed by atoms with Crippen molar-refractivity contribution in [3.63, 3.8) is 0 Å². The van der Waals surface area contributed by atoms with Crippen molar-refractivity contribution >= 4 is 45.9 Å². The maximum Gasteiger partial charge on any atom is 0.262 e. The van der Waals surface area contributed by atoms with E-state index in [2.05, 4.69) is 10.3 Å². The third-order valence-corrected chi connectivity index (χ3v) is 6.19. The molecule has 0 spiro atoms. The van der Waals surface area contributed by atoms with Crippen molar-refractivity contribution in [2.24, 2.45) is 0 Å². The Kier molecular flexibility index (Phi) is 6.08. The molecule has 1 aliphatic heterocycles. The van der Waals surface area contributed by atoms with Crippen LogP contribution in [0.25, 0.3) is 10.9 Å². The van der Waals surface area contributed by atoms with Gasteiger partial charge in [0.1, 0.15) is 0 Å². The molecule has 2 aromatic carbocycles. The number of anilines is 2. The normalized spacial score (nSPS) is 16.0. The molecule has 0 radical (unpaired) electrons. The number of rotatable bonds is 5. The zero-order valence-corrected chi connectivity index (χ0v) is 18.3. The number of nitrogens with one attached hydrogen (secondary N) is 1. The first-order valence-corrected chi connectivity index (χ1v) is 11.3. The lowest BCUT2D eigenvalue weighted by atomic mass is 10.2. The van der Waals surface area contributed by atoms with E-state index in [1.54, 1.807) is 21.6 Å². The van der Waals surface area contributed by atoms with Crippen LogP contribution in [0, 0.1) is 0 Å². The van der Waals surface area contributed by atoms with Crippen LogP contribution in [0.2, 0.25) is 0 Å². The van der Waals surface area contributed by atoms with Crippen LogP contribution < -0.4 is 15.8 Å². The average Bonchev–Trinajstić information content (AvgIpc) is 2.88. The van der Waals surface area contributed by atoms with Gasteiger partial charge >= 0.3 is 0 Å². The van der Waals surface area contributed by atoms with E-state index in [1.807, 2.05) is 50.2 Å². The van der Waals surface area contributed by atoms with Crippen molar-refractivity contribution in [3.05, 3.63) is 58.9 Å². The van der Waals surface area contributed by atoms with Crippen LogP contribution in [-0.2, 0) is 16.1 Å². The summed E-state index contributed by atoms with van der Waals surface area (Å²) in [4.78, 5) is 44.7. The number of nitrogens with zero attached hydrogens (tertiary/aromatic N) is 3. The van der Waals surface area contributed by atoms with Gasteiger partial charge in [-0.05, 0) is 37.6 Å². The van der Waals surface area contributed by atoms with E-state index in [0.29, 0.717) is 34.0 Å². The van der Waals surface area contributed by atoms with Crippen LogP contribution in [0.3, 0.4) is 0 Å².